The number of hydrogen-bond acceptors (Lipinski definition) is 4. The van der Waals surface area contributed by atoms with E-state index in [0.29, 0.717) is 18.0 Å². The third-order valence-corrected chi connectivity index (χ3v) is 4.61. The minimum absolute atomic E-state index is 0.180. The van der Waals surface area contributed by atoms with Crippen molar-refractivity contribution in [3.63, 3.8) is 0 Å². The molecular formula is C21H21F4N3O2. The smallest absolute Gasteiger partial charge is 0.434 e. The van der Waals surface area contributed by atoms with Gasteiger partial charge in [-0.15, -0.1) is 0 Å². The largest absolute Gasteiger partial charge is 0.497 e. The summed E-state index contributed by atoms with van der Waals surface area (Å²) >= 11 is 0. The zero-order valence-corrected chi connectivity index (χ0v) is 16.7. The van der Waals surface area contributed by atoms with E-state index in [0.717, 1.165) is 11.8 Å². The first-order valence-electron chi connectivity index (χ1n) is 9.02. The molecule has 0 bridgehead atoms. The molecule has 0 aliphatic carbocycles. The molecule has 2 aromatic heterocycles. The summed E-state index contributed by atoms with van der Waals surface area (Å²) in [5, 5.41) is 0. The lowest BCUT2D eigenvalue weighted by Crippen LogP contribution is -2.18. The van der Waals surface area contributed by atoms with Gasteiger partial charge >= 0.3 is 6.18 Å². The van der Waals surface area contributed by atoms with Gasteiger partial charge in [0.25, 0.3) is 0 Å². The first-order chi connectivity index (χ1) is 14.2. The van der Waals surface area contributed by atoms with Gasteiger partial charge in [0.15, 0.2) is 11.5 Å². The summed E-state index contributed by atoms with van der Waals surface area (Å²) in [6, 6.07) is 7.92. The summed E-state index contributed by atoms with van der Waals surface area (Å²) < 4.78 is 65.1. The highest BCUT2D eigenvalue weighted by atomic mass is 19.4. The van der Waals surface area contributed by atoms with Crippen molar-refractivity contribution in [3.05, 3.63) is 65.4 Å². The molecule has 30 heavy (non-hydrogen) atoms. The first-order valence-corrected chi connectivity index (χ1v) is 9.02. The number of hydrogen-bond donors (Lipinski definition) is 1. The van der Waals surface area contributed by atoms with Gasteiger partial charge in [-0.1, -0.05) is 6.07 Å². The van der Waals surface area contributed by atoms with Crippen LogP contribution in [-0.2, 0) is 19.3 Å². The van der Waals surface area contributed by atoms with Crippen molar-refractivity contribution in [1.29, 1.82) is 0 Å². The first kappa shape index (κ1) is 21.6. The Kier molecular flexibility index (Phi) is 6.31. The van der Waals surface area contributed by atoms with E-state index in [1.165, 1.54) is 18.3 Å². The van der Waals surface area contributed by atoms with E-state index in [2.05, 4.69) is 9.97 Å². The van der Waals surface area contributed by atoms with Crippen LogP contribution in [-0.4, -0.2) is 36.1 Å². The molecule has 3 aromatic rings. The second kappa shape index (κ2) is 8.74. The SMILES string of the molecule is COc1ccc(CN(C)Cc2c[nH]c(-c3cccnc3C(F)(F)F)c2F)c(OC)c1. The molecular weight excluding hydrogens is 402 g/mol. The van der Waals surface area contributed by atoms with Crippen LogP contribution in [0.3, 0.4) is 0 Å². The Labute approximate surface area is 171 Å². The molecule has 0 aliphatic heterocycles. The van der Waals surface area contributed by atoms with Gasteiger partial charge in [-0.25, -0.2) is 4.39 Å². The molecule has 0 fully saturated rings. The van der Waals surface area contributed by atoms with Gasteiger partial charge in [-0.2, -0.15) is 13.2 Å². The topological polar surface area (TPSA) is 50.4 Å². The summed E-state index contributed by atoms with van der Waals surface area (Å²) in [5.41, 5.74) is -0.580. The van der Waals surface area contributed by atoms with E-state index in [9.17, 15) is 17.6 Å². The van der Waals surface area contributed by atoms with Gasteiger partial charge in [-0.3, -0.25) is 9.88 Å². The molecule has 0 saturated carbocycles. The summed E-state index contributed by atoms with van der Waals surface area (Å²) in [6.07, 6.45) is -2.28. The summed E-state index contributed by atoms with van der Waals surface area (Å²) in [5.74, 6) is 0.542. The second-order valence-corrected chi connectivity index (χ2v) is 6.75. The third-order valence-electron chi connectivity index (χ3n) is 4.61. The maximum absolute atomic E-state index is 14.9. The standard InChI is InChI=1S/C21H21F4N3O2/c1-28(11-13-6-7-15(29-2)9-17(13)30-3)12-14-10-27-19(18(14)22)16-5-4-8-26-20(16)21(23,24)25/h4-10,27H,11-12H2,1-3H3. The van der Waals surface area contributed by atoms with Crippen molar-refractivity contribution in [3.8, 4) is 22.8 Å². The van der Waals surface area contributed by atoms with Crippen molar-refractivity contribution >= 4 is 0 Å². The van der Waals surface area contributed by atoms with Crippen molar-refractivity contribution in [2.24, 2.45) is 0 Å². The highest BCUT2D eigenvalue weighted by molar-refractivity contribution is 5.64. The highest BCUT2D eigenvalue weighted by Crippen LogP contribution is 2.36. The molecule has 1 aromatic carbocycles. The Bertz CT molecular complexity index is 1020. The molecule has 160 valence electrons. The number of nitrogens with one attached hydrogen (secondary N) is 1. The minimum Gasteiger partial charge on any atom is -0.497 e. The van der Waals surface area contributed by atoms with E-state index >= 15 is 0 Å². The average molecular weight is 423 g/mol. The number of halogens is 4. The summed E-state index contributed by atoms with van der Waals surface area (Å²) in [4.78, 5) is 7.83. The Balaban J connectivity index is 1.81. The molecule has 2 heterocycles. The number of nitrogens with zero attached hydrogens (tertiary/aromatic N) is 2. The molecule has 0 spiro atoms. The Hall–Kier alpha value is -3.07. The van der Waals surface area contributed by atoms with Crippen molar-refractivity contribution in [2.45, 2.75) is 19.3 Å². The van der Waals surface area contributed by atoms with Gasteiger partial charge in [0.05, 0.1) is 19.9 Å². The third kappa shape index (κ3) is 4.56. The van der Waals surface area contributed by atoms with Crippen LogP contribution in [0.1, 0.15) is 16.8 Å². The van der Waals surface area contributed by atoms with E-state index in [-0.39, 0.29) is 23.4 Å². The number of pyridine rings is 1. The van der Waals surface area contributed by atoms with Gasteiger partial charge in [-0.05, 0) is 25.2 Å². The molecule has 0 saturated heterocycles. The number of methoxy groups -OCH3 is 2. The number of alkyl halides is 3. The van der Waals surface area contributed by atoms with Crippen molar-refractivity contribution in [2.75, 3.05) is 21.3 Å². The van der Waals surface area contributed by atoms with Crippen LogP contribution in [0.5, 0.6) is 11.5 Å². The highest BCUT2D eigenvalue weighted by Gasteiger charge is 2.36. The van der Waals surface area contributed by atoms with Crippen LogP contribution < -0.4 is 9.47 Å². The summed E-state index contributed by atoms with van der Waals surface area (Å²) in [6.45, 7) is 0.618. The lowest BCUT2D eigenvalue weighted by atomic mass is 10.1. The number of rotatable bonds is 7. The minimum atomic E-state index is -4.68. The lowest BCUT2D eigenvalue weighted by molar-refractivity contribution is -0.140. The molecule has 5 nitrogen and oxygen atoms in total. The molecule has 0 unspecified atom stereocenters. The van der Waals surface area contributed by atoms with Gasteiger partial charge in [0, 0.05) is 48.2 Å². The number of H-pyrrole nitrogens is 1. The lowest BCUT2D eigenvalue weighted by Gasteiger charge is -2.18. The fraction of sp³-hybridized carbons (Fsp3) is 0.286. The zero-order valence-electron chi connectivity index (χ0n) is 16.7. The number of aromatic nitrogens is 2. The predicted octanol–water partition coefficient (Wildman–Crippen LogP) is 4.88. The van der Waals surface area contributed by atoms with E-state index in [4.69, 9.17) is 9.47 Å². The molecule has 0 atom stereocenters. The van der Waals surface area contributed by atoms with Crippen LogP contribution in [0.4, 0.5) is 17.6 Å². The monoisotopic (exact) mass is 423 g/mol. The molecule has 1 N–H and O–H groups in total. The summed E-state index contributed by atoms with van der Waals surface area (Å²) in [7, 11) is 4.88. The Morgan fingerprint density at radius 1 is 1.07 bits per heavy atom. The molecule has 0 radical (unpaired) electrons. The van der Waals surface area contributed by atoms with Crippen LogP contribution >= 0.6 is 0 Å². The molecule has 3 rings (SSSR count). The van der Waals surface area contributed by atoms with E-state index < -0.39 is 17.7 Å². The Morgan fingerprint density at radius 3 is 2.47 bits per heavy atom. The van der Waals surface area contributed by atoms with Crippen LogP contribution in [0.2, 0.25) is 0 Å². The predicted molar refractivity (Wildman–Crippen MR) is 104 cm³/mol. The quantitative estimate of drug-likeness (QED) is 0.550. The normalized spacial score (nSPS) is 11.7. The molecule has 0 aliphatic rings. The number of aromatic amines is 1. The zero-order chi connectivity index (χ0) is 21.9. The van der Waals surface area contributed by atoms with Gasteiger partial charge in [0.2, 0.25) is 0 Å². The fourth-order valence-corrected chi connectivity index (χ4v) is 3.21. The van der Waals surface area contributed by atoms with Gasteiger partial charge < -0.3 is 14.5 Å². The number of benzene rings is 1. The maximum Gasteiger partial charge on any atom is 0.434 e. The van der Waals surface area contributed by atoms with Crippen LogP contribution in [0.25, 0.3) is 11.3 Å². The van der Waals surface area contributed by atoms with Crippen LogP contribution in [0, 0.1) is 5.82 Å². The van der Waals surface area contributed by atoms with Crippen molar-refractivity contribution in [1.82, 2.24) is 14.9 Å². The fourth-order valence-electron chi connectivity index (χ4n) is 3.21. The number of ether oxygens (including phenoxy) is 2. The second-order valence-electron chi connectivity index (χ2n) is 6.75. The van der Waals surface area contributed by atoms with E-state index in [1.54, 1.807) is 33.4 Å². The van der Waals surface area contributed by atoms with Crippen LogP contribution in [0.15, 0.2) is 42.7 Å². The Morgan fingerprint density at radius 2 is 1.80 bits per heavy atom. The van der Waals surface area contributed by atoms with E-state index in [1.807, 2.05) is 11.0 Å². The van der Waals surface area contributed by atoms with Crippen molar-refractivity contribution < 1.29 is 27.0 Å². The maximum atomic E-state index is 14.9. The molecule has 0 amide bonds. The van der Waals surface area contributed by atoms with Gasteiger partial charge in [0.1, 0.15) is 11.5 Å². The average Bonchev–Trinajstić information content (AvgIpc) is 3.07. The molecule has 9 heteroatoms.